The van der Waals surface area contributed by atoms with Gasteiger partial charge in [-0.2, -0.15) is 0 Å². The van der Waals surface area contributed by atoms with Crippen molar-refractivity contribution in [1.29, 1.82) is 0 Å². The zero-order valence-electron chi connectivity index (χ0n) is 9.41. The lowest BCUT2D eigenvalue weighted by atomic mass is 9.86. The molecule has 1 atom stereocenters. The van der Waals surface area contributed by atoms with E-state index >= 15 is 0 Å². The van der Waals surface area contributed by atoms with Crippen LogP contribution in [0.1, 0.15) is 51.9 Å². The Morgan fingerprint density at radius 3 is 2.57 bits per heavy atom. The SMILES string of the molecule is C=[N+](CCC)C(O)CC1CCCCC1. The smallest absolute Gasteiger partial charge is 0.254 e. The second-order valence-electron chi connectivity index (χ2n) is 4.53. The molecule has 0 aromatic heterocycles. The first-order valence-corrected chi connectivity index (χ1v) is 5.99. The van der Waals surface area contributed by atoms with Crippen LogP contribution in [0, 0.1) is 5.92 Å². The monoisotopic (exact) mass is 198 g/mol. The predicted octanol–water partition coefficient (Wildman–Crippen LogP) is 2.40. The van der Waals surface area contributed by atoms with Crippen LogP contribution in [0.5, 0.6) is 0 Å². The van der Waals surface area contributed by atoms with E-state index < -0.39 is 0 Å². The minimum atomic E-state index is -0.321. The summed E-state index contributed by atoms with van der Waals surface area (Å²) < 4.78 is 1.83. The van der Waals surface area contributed by atoms with E-state index in [1.54, 1.807) is 0 Å². The lowest BCUT2D eigenvalue weighted by molar-refractivity contribution is -0.604. The maximum atomic E-state index is 9.86. The molecular formula is C12H24NO+. The fourth-order valence-corrected chi connectivity index (χ4v) is 2.31. The van der Waals surface area contributed by atoms with Crippen LogP contribution in [0.2, 0.25) is 0 Å². The van der Waals surface area contributed by atoms with Gasteiger partial charge in [-0.3, -0.25) is 0 Å². The molecule has 1 unspecified atom stereocenters. The third kappa shape index (κ3) is 3.79. The Labute approximate surface area is 87.6 Å². The molecule has 1 rings (SSSR count). The van der Waals surface area contributed by atoms with Crippen LogP contribution in [0.3, 0.4) is 0 Å². The van der Waals surface area contributed by atoms with Gasteiger partial charge in [-0.15, -0.1) is 0 Å². The average molecular weight is 198 g/mol. The van der Waals surface area contributed by atoms with Crippen molar-refractivity contribution in [2.45, 2.75) is 58.1 Å². The Balaban J connectivity index is 2.24. The third-order valence-electron chi connectivity index (χ3n) is 3.20. The zero-order valence-corrected chi connectivity index (χ0v) is 9.41. The molecule has 82 valence electrons. The largest absolute Gasteiger partial charge is 0.337 e. The van der Waals surface area contributed by atoms with Gasteiger partial charge in [0.05, 0.1) is 0 Å². The van der Waals surface area contributed by atoms with Crippen molar-refractivity contribution in [2.75, 3.05) is 6.54 Å². The molecule has 1 fully saturated rings. The summed E-state index contributed by atoms with van der Waals surface area (Å²) in [6.07, 6.45) is 8.35. The molecule has 0 aromatic carbocycles. The van der Waals surface area contributed by atoms with Crippen LogP contribution < -0.4 is 0 Å². The van der Waals surface area contributed by atoms with Crippen molar-refractivity contribution in [3.8, 4) is 0 Å². The maximum Gasteiger partial charge on any atom is 0.254 e. The normalized spacial score (nSPS) is 20.7. The quantitative estimate of drug-likeness (QED) is 0.409. The third-order valence-corrected chi connectivity index (χ3v) is 3.20. The van der Waals surface area contributed by atoms with Gasteiger partial charge in [-0.05, 0) is 5.92 Å². The van der Waals surface area contributed by atoms with Crippen LogP contribution >= 0.6 is 0 Å². The zero-order chi connectivity index (χ0) is 10.4. The molecule has 14 heavy (non-hydrogen) atoms. The molecule has 0 radical (unpaired) electrons. The first-order chi connectivity index (χ1) is 6.74. The van der Waals surface area contributed by atoms with Crippen LogP contribution in [-0.4, -0.2) is 29.2 Å². The van der Waals surface area contributed by atoms with Crippen molar-refractivity contribution < 1.29 is 9.68 Å². The molecular weight excluding hydrogens is 174 g/mol. The van der Waals surface area contributed by atoms with E-state index in [-0.39, 0.29) is 6.23 Å². The van der Waals surface area contributed by atoms with E-state index in [1.165, 1.54) is 32.1 Å². The molecule has 2 heteroatoms. The number of hydrogen-bond acceptors (Lipinski definition) is 1. The van der Waals surface area contributed by atoms with Gasteiger partial charge in [-0.25, -0.2) is 4.58 Å². The first kappa shape index (κ1) is 11.7. The molecule has 1 saturated carbocycles. The Kier molecular flexibility index (Phi) is 5.16. The van der Waals surface area contributed by atoms with Crippen LogP contribution in [0.15, 0.2) is 0 Å². The van der Waals surface area contributed by atoms with E-state index in [0.717, 1.165) is 25.3 Å². The second-order valence-corrected chi connectivity index (χ2v) is 4.53. The molecule has 0 saturated heterocycles. The van der Waals surface area contributed by atoms with E-state index in [9.17, 15) is 5.11 Å². The van der Waals surface area contributed by atoms with Gasteiger partial charge in [0.25, 0.3) is 6.23 Å². The summed E-state index contributed by atoms with van der Waals surface area (Å²) in [5.74, 6) is 0.736. The molecule has 0 bridgehead atoms. The van der Waals surface area contributed by atoms with Gasteiger partial charge < -0.3 is 5.11 Å². The van der Waals surface area contributed by atoms with Crippen molar-refractivity contribution in [2.24, 2.45) is 5.92 Å². The molecule has 0 amide bonds. The Morgan fingerprint density at radius 1 is 1.36 bits per heavy atom. The van der Waals surface area contributed by atoms with Crippen LogP contribution in [-0.2, 0) is 0 Å². The highest BCUT2D eigenvalue weighted by molar-refractivity contribution is 5.14. The van der Waals surface area contributed by atoms with Crippen molar-refractivity contribution in [3.63, 3.8) is 0 Å². The lowest BCUT2D eigenvalue weighted by Crippen LogP contribution is -2.28. The maximum absolute atomic E-state index is 9.86. The topological polar surface area (TPSA) is 23.2 Å². The minimum Gasteiger partial charge on any atom is -0.337 e. The Hall–Kier alpha value is -0.370. The van der Waals surface area contributed by atoms with Gasteiger partial charge >= 0.3 is 0 Å². The van der Waals surface area contributed by atoms with Crippen LogP contribution in [0.25, 0.3) is 0 Å². The summed E-state index contributed by atoms with van der Waals surface area (Å²) in [5, 5.41) is 9.86. The standard InChI is InChI=1S/C12H24NO/c1-3-9-13(2)12(14)10-11-7-5-4-6-8-11/h11-12,14H,2-10H2,1H3/q+1. The highest BCUT2D eigenvalue weighted by Gasteiger charge is 2.22. The summed E-state index contributed by atoms with van der Waals surface area (Å²) in [5.41, 5.74) is 0. The summed E-state index contributed by atoms with van der Waals surface area (Å²) >= 11 is 0. The highest BCUT2D eigenvalue weighted by atomic mass is 16.3. The molecule has 0 heterocycles. The van der Waals surface area contributed by atoms with Crippen molar-refractivity contribution in [3.05, 3.63) is 0 Å². The van der Waals surface area contributed by atoms with E-state index in [2.05, 4.69) is 13.6 Å². The minimum absolute atomic E-state index is 0.321. The molecule has 2 nitrogen and oxygen atoms in total. The number of nitrogens with zero attached hydrogens (tertiary/aromatic N) is 1. The Morgan fingerprint density at radius 2 is 2.00 bits per heavy atom. The summed E-state index contributed by atoms with van der Waals surface area (Å²) in [6.45, 7) is 6.89. The van der Waals surface area contributed by atoms with E-state index in [4.69, 9.17) is 0 Å². The number of aliphatic hydroxyl groups excluding tert-OH is 1. The van der Waals surface area contributed by atoms with Gasteiger partial charge in [0.15, 0.2) is 0 Å². The fourth-order valence-electron chi connectivity index (χ4n) is 2.31. The first-order valence-electron chi connectivity index (χ1n) is 5.99. The van der Waals surface area contributed by atoms with Gasteiger partial charge in [0.1, 0.15) is 13.3 Å². The van der Waals surface area contributed by atoms with Gasteiger partial charge in [-0.1, -0.05) is 39.0 Å². The van der Waals surface area contributed by atoms with Crippen molar-refractivity contribution >= 4 is 6.72 Å². The number of hydrogen-bond donors (Lipinski definition) is 1. The summed E-state index contributed by atoms with van der Waals surface area (Å²) in [4.78, 5) is 0. The van der Waals surface area contributed by atoms with Crippen molar-refractivity contribution in [1.82, 2.24) is 0 Å². The molecule has 1 N–H and O–H groups in total. The lowest BCUT2D eigenvalue weighted by Gasteiger charge is -2.22. The molecule has 0 spiro atoms. The molecule has 0 aliphatic heterocycles. The molecule has 1 aliphatic rings. The number of rotatable bonds is 5. The van der Waals surface area contributed by atoms with E-state index in [0.29, 0.717) is 0 Å². The van der Waals surface area contributed by atoms with Gasteiger partial charge in [0, 0.05) is 12.8 Å². The predicted molar refractivity (Wildman–Crippen MR) is 59.7 cm³/mol. The van der Waals surface area contributed by atoms with Crippen LogP contribution in [0.4, 0.5) is 0 Å². The average Bonchev–Trinajstić information content (AvgIpc) is 2.19. The molecule has 0 aromatic rings. The summed E-state index contributed by atoms with van der Waals surface area (Å²) in [6, 6.07) is 0. The second kappa shape index (κ2) is 6.18. The summed E-state index contributed by atoms with van der Waals surface area (Å²) in [7, 11) is 0. The van der Waals surface area contributed by atoms with Gasteiger partial charge in [0.2, 0.25) is 0 Å². The molecule has 1 aliphatic carbocycles. The van der Waals surface area contributed by atoms with E-state index in [1.807, 2.05) is 4.58 Å². The number of aliphatic hydroxyl groups is 1. The Bertz CT molecular complexity index is 173. The fraction of sp³-hybridized carbons (Fsp3) is 0.917. The highest BCUT2D eigenvalue weighted by Crippen LogP contribution is 2.27.